The fraction of sp³-hybridized carbons (Fsp3) is 0.448. The lowest BCUT2D eigenvalue weighted by Gasteiger charge is -2.30. The molecule has 206 valence electrons. The first-order chi connectivity index (χ1) is 18.8. The molecule has 1 unspecified atom stereocenters. The van der Waals surface area contributed by atoms with Gasteiger partial charge in [-0.15, -0.1) is 0 Å². The number of aromatic nitrogens is 4. The minimum atomic E-state index is -0.603. The molecule has 0 amide bonds. The van der Waals surface area contributed by atoms with Gasteiger partial charge in [-0.25, -0.2) is 4.79 Å². The molecule has 39 heavy (non-hydrogen) atoms. The van der Waals surface area contributed by atoms with Gasteiger partial charge in [-0.1, -0.05) is 23.7 Å². The number of nitrogens with zero attached hydrogens (tertiary/aromatic N) is 4. The Morgan fingerprint density at radius 2 is 1.79 bits per heavy atom. The SMILES string of the molecule is COc1cc(C2C(C(=O)OC3CCCCC3)=C(C)Nc3nnnn32)cc(Br)c1OCc1cc(C)c(C)cc1C. The van der Waals surface area contributed by atoms with Gasteiger partial charge in [0.1, 0.15) is 18.8 Å². The Labute approximate surface area is 237 Å². The zero-order valence-electron chi connectivity index (χ0n) is 23.0. The van der Waals surface area contributed by atoms with Crippen molar-refractivity contribution in [2.75, 3.05) is 12.4 Å². The van der Waals surface area contributed by atoms with E-state index in [9.17, 15) is 4.79 Å². The number of carbonyl (C=O) groups is 1. The zero-order valence-corrected chi connectivity index (χ0v) is 24.6. The van der Waals surface area contributed by atoms with Gasteiger partial charge in [-0.05, 0) is 120 Å². The van der Waals surface area contributed by atoms with Crippen LogP contribution in [0.25, 0.3) is 0 Å². The number of tetrazole rings is 1. The Bertz CT molecular complexity index is 1430. The van der Waals surface area contributed by atoms with E-state index in [2.05, 4.69) is 69.7 Å². The molecule has 1 atom stereocenters. The number of fused-ring (bicyclic) bond motifs is 1. The molecule has 1 N–H and O–H groups in total. The van der Waals surface area contributed by atoms with Crippen LogP contribution in [0.5, 0.6) is 11.5 Å². The molecule has 1 aromatic heterocycles. The van der Waals surface area contributed by atoms with Crippen LogP contribution >= 0.6 is 15.9 Å². The fourth-order valence-corrected chi connectivity index (χ4v) is 5.92. The van der Waals surface area contributed by atoms with E-state index >= 15 is 0 Å². The lowest BCUT2D eigenvalue weighted by molar-refractivity contribution is -0.146. The number of hydrogen-bond donors (Lipinski definition) is 1. The molecular weight excluding hydrogens is 562 g/mol. The quantitative estimate of drug-likeness (QED) is 0.326. The first kappa shape index (κ1) is 27.2. The molecule has 3 aromatic rings. The highest BCUT2D eigenvalue weighted by Crippen LogP contribution is 2.43. The van der Waals surface area contributed by atoms with E-state index in [0.29, 0.717) is 39.8 Å². The molecule has 2 aliphatic rings. The second-order valence-electron chi connectivity index (χ2n) is 10.4. The van der Waals surface area contributed by atoms with Crippen LogP contribution in [0, 0.1) is 20.8 Å². The average Bonchev–Trinajstić information content (AvgIpc) is 3.38. The minimum Gasteiger partial charge on any atom is -0.493 e. The maximum atomic E-state index is 13.6. The highest BCUT2D eigenvalue weighted by molar-refractivity contribution is 9.10. The van der Waals surface area contributed by atoms with E-state index in [1.165, 1.54) is 23.1 Å². The number of methoxy groups -OCH3 is 1. The maximum absolute atomic E-state index is 13.6. The summed E-state index contributed by atoms with van der Waals surface area (Å²) in [4.78, 5) is 13.6. The number of ether oxygens (including phenoxy) is 3. The van der Waals surface area contributed by atoms with Crippen molar-refractivity contribution in [2.24, 2.45) is 0 Å². The number of halogens is 1. The molecule has 1 aliphatic carbocycles. The van der Waals surface area contributed by atoms with Crippen LogP contribution in [0.15, 0.2) is 40.0 Å². The van der Waals surface area contributed by atoms with Crippen LogP contribution < -0.4 is 14.8 Å². The van der Waals surface area contributed by atoms with Crippen molar-refractivity contribution < 1.29 is 19.0 Å². The first-order valence-electron chi connectivity index (χ1n) is 13.3. The van der Waals surface area contributed by atoms with Gasteiger partial charge in [-0.2, -0.15) is 4.68 Å². The van der Waals surface area contributed by atoms with Gasteiger partial charge < -0.3 is 19.5 Å². The van der Waals surface area contributed by atoms with Crippen molar-refractivity contribution in [3.05, 3.63) is 67.8 Å². The number of esters is 1. The summed E-state index contributed by atoms with van der Waals surface area (Å²) < 4.78 is 20.3. The zero-order chi connectivity index (χ0) is 27.7. The Balaban J connectivity index is 1.48. The van der Waals surface area contributed by atoms with Crippen LogP contribution in [0.2, 0.25) is 0 Å². The van der Waals surface area contributed by atoms with Gasteiger partial charge in [0.15, 0.2) is 11.5 Å². The maximum Gasteiger partial charge on any atom is 0.338 e. The van der Waals surface area contributed by atoms with Crippen LogP contribution in [0.3, 0.4) is 0 Å². The van der Waals surface area contributed by atoms with Crippen molar-refractivity contribution in [1.29, 1.82) is 0 Å². The molecule has 1 fully saturated rings. The number of allylic oxidation sites excluding steroid dienone is 1. The van der Waals surface area contributed by atoms with E-state index in [1.54, 1.807) is 11.8 Å². The topological polar surface area (TPSA) is 100 Å². The van der Waals surface area contributed by atoms with Gasteiger partial charge in [0.05, 0.1) is 17.2 Å². The molecule has 5 rings (SSSR count). The van der Waals surface area contributed by atoms with Gasteiger partial charge in [0, 0.05) is 5.70 Å². The molecule has 1 aliphatic heterocycles. The van der Waals surface area contributed by atoms with E-state index in [0.717, 1.165) is 36.8 Å². The van der Waals surface area contributed by atoms with Crippen LogP contribution in [-0.4, -0.2) is 39.4 Å². The smallest absolute Gasteiger partial charge is 0.338 e. The number of nitrogens with one attached hydrogen (secondary N) is 1. The summed E-state index contributed by atoms with van der Waals surface area (Å²) in [6, 6.07) is 7.52. The second-order valence-corrected chi connectivity index (χ2v) is 11.2. The molecule has 10 heteroatoms. The standard InChI is InChI=1S/C29H34BrN5O4/c1-16-11-18(3)21(12-17(16)2)15-38-27-23(30)13-20(14-24(27)37-5)26-25(19(4)31-29-32-33-34-35(26)29)28(36)39-22-9-7-6-8-10-22/h11-14,22,26H,6-10,15H2,1-5H3,(H,31,32,34). The highest BCUT2D eigenvalue weighted by Gasteiger charge is 2.37. The number of benzene rings is 2. The summed E-state index contributed by atoms with van der Waals surface area (Å²) in [6.45, 7) is 8.53. The molecule has 1 saturated carbocycles. The summed E-state index contributed by atoms with van der Waals surface area (Å²) in [5.41, 5.74) is 6.64. The molecule has 9 nitrogen and oxygen atoms in total. The Morgan fingerprint density at radius 1 is 1.05 bits per heavy atom. The van der Waals surface area contributed by atoms with Crippen molar-refractivity contribution in [2.45, 2.75) is 78.6 Å². The monoisotopic (exact) mass is 595 g/mol. The number of carbonyl (C=O) groups excluding carboxylic acids is 1. The molecule has 2 heterocycles. The predicted octanol–water partition coefficient (Wildman–Crippen LogP) is 6.11. The van der Waals surface area contributed by atoms with Gasteiger partial charge in [-0.3, -0.25) is 0 Å². The summed E-state index contributed by atoms with van der Waals surface area (Å²) in [6.07, 6.45) is 5.02. The normalized spacial score (nSPS) is 17.4. The van der Waals surface area contributed by atoms with Crippen molar-refractivity contribution in [3.63, 3.8) is 0 Å². The molecule has 0 saturated heterocycles. The van der Waals surface area contributed by atoms with Crippen molar-refractivity contribution in [3.8, 4) is 11.5 Å². The minimum absolute atomic E-state index is 0.0756. The summed E-state index contributed by atoms with van der Waals surface area (Å²) >= 11 is 3.69. The molecule has 0 radical (unpaired) electrons. The van der Waals surface area contributed by atoms with Crippen LogP contribution in [0.4, 0.5) is 5.95 Å². The second kappa shape index (κ2) is 11.4. The van der Waals surface area contributed by atoms with E-state index in [-0.39, 0.29) is 12.1 Å². The molecular formula is C29H34BrN5O4. The number of rotatable bonds is 7. The van der Waals surface area contributed by atoms with E-state index < -0.39 is 6.04 Å². The molecule has 0 bridgehead atoms. The third-order valence-corrected chi connectivity index (χ3v) is 8.24. The summed E-state index contributed by atoms with van der Waals surface area (Å²) in [5.74, 6) is 1.20. The lowest BCUT2D eigenvalue weighted by atomic mass is 9.94. The van der Waals surface area contributed by atoms with Gasteiger partial charge in [0.25, 0.3) is 0 Å². The van der Waals surface area contributed by atoms with Crippen molar-refractivity contribution in [1.82, 2.24) is 20.2 Å². The third-order valence-electron chi connectivity index (χ3n) is 7.65. The lowest BCUT2D eigenvalue weighted by Crippen LogP contribution is -2.32. The largest absolute Gasteiger partial charge is 0.493 e. The van der Waals surface area contributed by atoms with E-state index in [1.807, 2.05) is 19.1 Å². The van der Waals surface area contributed by atoms with Gasteiger partial charge >= 0.3 is 5.97 Å². The highest BCUT2D eigenvalue weighted by atomic mass is 79.9. The van der Waals surface area contributed by atoms with Gasteiger partial charge in [0.2, 0.25) is 5.95 Å². The van der Waals surface area contributed by atoms with E-state index in [4.69, 9.17) is 14.2 Å². The Hall–Kier alpha value is -3.40. The number of aryl methyl sites for hydroxylation is 3. The third kappa shape index (κ3) is 5.52. The molecule has 0 spiro atoms. The average molecular weight is 597 g/mol. The fourth-order valence-electron chi connectivity index (χ4n) is 5.35. The first-order valence-corrected chi connectivity index (χ1v) is 14.1. The summed E-state index contributed by atoms with van der Waals surface area (Å²) in [5, 5.41) is 15.3. The Kier molecular flexibility index (Phi) is 7.93. The number of hydrogen-bond acceptors (Lipinski definition) is 8. The summed E-state index contributed by atoms with van der Waals surface area (Å²) in [7, 11) is 1.60. The van der Waals surface area contributed by atoms with Crippen LogP contribution in [0.1, 0.15) is 72.9 Å². The van der Waals surface area contributed by atoms with Crippen molar-refractivity contribution >= 4 is 27.8 Å². The Morgan fingerprint density at radius 3 is 2.54 bits per heavy atom. The van der Waals surface area contributed by atoms with Crippen LogP contribution in [-0.2, 0) is 16.1 Å². The number of anilines is 1. The molecule has 2 aromatic carbocycles. The predicted molar refractivity (Wildman–Crippen MR) is 151 cm³/mol.